The molecule has 3 aromatic rings. The number of aryl methyl sites for hydroxylation is 3. The molecule has 0 spiro atoms. The van der Waals surface area contributed by atoms with Crippen molar-refractivity contribution < 1.29 is 24.5 Å². The maximum atomic E-state index is 13.0. The van der Waals surface area contributed by atoms with Crippen LogP contribution in [0.25, 0.3) is 5.69 Å². The Labute approximate surface area is 259 Å². The zero-order chi connectivity index (χ0) is 31.4. The first-order chi connectivity index (χ1) is 21.0. The monoisotopic (exact) mass is 603 g/mol. The quantitative estimate of drug-likeness (QED) is 0.301. The molecule has 1 saturated heterocycles. The third kappa shape index (κ3) is 7.84. The molecule has 236 valence electrons. The Balaban J connectivity index is 1.26. The van der Waals surface area contributed by atoms with Gasteiger partial charge in [-0.05, 0) is 108 Å². The summed E-state index contributed by atoms with van der Waals surface area (Å²) in [6.45, 7) is 10.6. The van der Waals surface area contributed by atoms with Gasteiger partial charge in [0, 0.05) is 36.9 Å². The molecular formula is C34H45N5O5. The molecule has 4 heterocycles. The summed E-state index contributed by atoms with van der Waals surface area (Å²) in [6.07, 6.45) is 3.88. The summed E-state index contributed by atoms with van der Waals surface area (Å²) in [4.78, 5) is 33.3. The summed E-state index contributed by atoms with van der Waals surface area (Å²) in [7, 11) is 0. The minimum absolute atomic E-state index is 0.0546. The Hall–Kier alpha value is -3.76. The highest BCUT2D eigenvalue weighted by Crippen LogP contribution is 2.30. The topological polar surface area (TPSA) is 121 Å². The van der Waals surface area contributed by atoms with Crippen LogP contribution in [0.1, 0.15) is 80.6 Å². The summed E-state index contributed by atoms with van der Waals surface area (Å²) in [6, 6.07) is 14.1. The largest absolute Gasteiger partial charge is 0.465 e. The zero-order valence-corrected chi connectivity index (χ0v) is 26.3. The van der Waals surface area contributed by atoms with Gasteiger partial charge in [-0.15, -0.1) is 0 Å². The average Bonchev–Trinajstić information content (AvgIpc) is 3.60. The van der Waals surface area contributed by atoms with E-state index >= 15 is 0 Å². The van der Waals surface area contributed by atoms with Gasteiger partial charge < -0.3 is 19.8 Å². The number of aromatic nitrogens is 3. The fraction of sp³-hybridized carbons (Fsp3) is 0.529. The summed E-state index contributed by atoms with van der Waals surface area (Å²) in [5, 5.41) is 23.7. The summed E-state index contributed by atoms with van der Waals surface area (Å²) in [5.74, 6) is 0.830. The Kier molecular flexibility index (Phi) is 9.70. The van der Waals surface area contributed by atoms with Crippen molar-refractivity contribution in [2.75, 3.05) is 31.1 Å². The smallest absolute Gasteiger partial charge is 0.413 e. The number of amides is 1. The second-order valence-corrected chi connectivity index (χ2v) is 13.2. The lowest BCUT2D eigenvalue weighted by Gasteiger charge is -2.26. The number of likely N-dealkylation sites (tertiary alicyclic amines) is 1. The number of aliphatic hydroxyl groups excluding tert-OH is 1. The number of hydrogen-bond donors (Lipinski definition) is 2. The number of anilines is 1. The van der Waals surface area contributed by atoms with Crippen molar-refractivity contribution in [2.24, 2.45) is 5.92 Å². The lowest BCUT2D eigenvalue weighted by atomic mass is 9.94. The normalized spacial score (nSPS) is 17.8. The van der Waals surface area contributed by atoms with Gasteiger partial charge in [0.1, 0.15) is 11.4 Å². The molecule has 1 aromatic carbocycles. The van der Waals surface area contributed by atoms with E-state index in [1.807, 2.05) is 62.7 Å². The molecule has 2 N–H and O–H groups in total. The molecule has 2 aliphatic rings. The van der Waals surface area contributed by atoms with E-state index in [4.69, 9.17) is 9.72 Å². The van der Waals surface area contributed by atoms with Crippen LogP contribution in [0.3, 0.4) is 0 Å². The first-order valence-corrected chi connectivity index (χ1v) is 15.7. The molecule has 2 aliphatic heterocycles. The third-order valence-electron chi connectivity index (χ3n) is 8.50. The number of pyridine rings is 1. The molecule has 44 heavy (non-hydrogen) atoms. The van der Waals surface area contributed by atoms with Crippen molar-refractivity contribution in [3.05, 3.63) is 70.7 Å². The summed E-state index contributed by atoms with van der Waals surface area (Å²) in [5.41, 5.74) is 4.89. The number of carbonyl (C=O) groups excluding carboxylic acids is 1. The molecule has 2 atom stereocenters. The lowest BCUT2D eigenvalue weighted by molar-refractivity contribution is -0.155. The SMILES string of the molecule is Cc1cc(CO)nn1-c1cccc(C(CC(=O)OC(C)(C)C)CN2CCC(CCc3ccc4c(n3)N(C(=O)O)CCC4)C2)c1. The van der Waals surface area contributed by atoms with Crippen LogP contribution >= 0.6 is 0 Å². The zero-order valence-electron chi connectivity index (χ0n) is 26.3. The Morgan fingerprint density at radius 1 is 1.11 bits per heavy atom. The van der Waals surface area contributed by atoms with E-state index in [2.05, 4.69) is 22.1 Å². The molecule has 2 aromatic heterocycles. The van der Waals surface area contributed by atoms with Gasteiger partial charge in [0.2, 0.25) is 0 Å². The van der Waals surface area contributed by atoms with Crippen LogP contribution in [-0.2, 0) is 29.0 Å². The number of hydrogen-bond acceptors (Lipinski definition) is 7. The molecule has 0 saturated carbocycles. The number of carboxylic acid groups (broad SMARTS) is 1. The number of aliphatic hydroxyl groups is 1. The number of nitrogens with zero attached hydrogens (tertiary/aromatic N) is 5. The van der Waals surface area contributed by atoms with Crippen molar-refractivity contribution in [1.29, 1.82) is 0 Å². The van der Waals surface area contributed by atoms with Crippen LogP contribution in [0.5, 0.6) is 0 Å². The highest BCUT2D eigenvalue weighted by molar-refractivity contribution is 5.86. The second kappa shape index (κ2) is 13.5. The Bertz CT molecular complexity index is 1480. The van der Waals surface area contributed by atoms with Crippen molar-refractivity contribution in [2.45, 2.75) is 84.3 Å². The fourth-order valence-electron chi connectivity index (χ4n) is 6.44. The molecule has 1 amide bonds. The van der Waals surface area contributed by atoms with Crippen LogP contribution in [0.15, 0.2) is 42.5 Å². The van der Waals surface area contributed by atoms with E-state index in [1.54, 1.807) is 0 Å². The second-order valence-electron chi connectivity index (χ2n) is 13.2. The first kappa shape index (κ1) is 31.7. The van der Waals surface area contributed by atoms with E-state index in [9.17, 15) is 19.8 Å². The van der Waals surface area contributed by atoms with E-state index in [0.29, 0.717) is 24.0 Å². The number of benzene rings is 1. The number of esters is 1. The Morgan fingerprint density at radius 3 is 2.66 bits per heavy atom. The van der Waals surface area contributed by atoms with Gasteiger partial charge in [-0.25, -0.2) is 14.5 Å². The van der Waals surface area contributed by atoms with Gasteiger partial charge in [-0.1, -0.05) is 18.2 Å². The molecule has 10 nitrogen and oxygen atoms in total. The molecule has 0 bridgehead atoms. The predicted molar refractivity (Wildman–Crippen MR) is 168 cm³/mol. The Morgan fingerprint density at radius 2 is 1.93 bits per heavy atom. The van der Waals surface area contributed by atoms with E-state index in [0.717, 1.165) is 79.9 Å². The molecule has 0 radical (unpaired) electrons. The van der Waals surface area contributed by atoms with Crippen molar-refractivity contribution in [3.8, 4) is 5.69 Å². The van der Waals surface area contributed by atoms with Gasteiger partial charge in [-0.3, -0.25) is 9.69 Å². The van der Waals surface area contributed by atoms with E-state index in [1.165, 1.54) is 4.90 Å². The van der Waals surface area contributed by atoms with Crippen LogP contribution in [0.4, 0.5) is 10.6 Å². The lowest BCUT2D eigenvalue weighted by Crippen LogP contribution is -2.35. The minimum atomic E-state index is -0.942. The van der Waals surface area contributed by atoms with Gasteiger partial charge in [0.25, 0.3) is 0 Å². The van der Waals surface area contributed by atoms with Crippen molar-refractivity contribution in [1.82, 2.24) is 19.7 Å². The van der Waals surface area contributed by atoms with Crippen LogP contribution < -0.4 is 4.90 Å². The van der Waals surface area contributed by atoms with Crippen LogP contribution in [0.2, 0.25) is 0 Å². The van der Waals surface area contributed by atoms with Crippen LogP contribution in [-0.4, -0.2) is 73.7 Å². The van der Waals surface area contributed by atoms with Gasteiger partial charge >= 0.3 is 12.1 Å². The molecular weight excluding hydrogens is 558 g/mol. The number of carbonyl (C=O) groups is 2. The van der Waals surface area contributed by atoms with E-state index in [-0.39, 0.29) is 24.9 Å². The number of ether oxygens (including phenoxy) is 1. The highest BCUT2D eigenvalue weighted by atomic mass is 16.6. The number of fused-ring (bicyclic) bond motifs is 1. The summed E-state index contributed by atoms with van der Waals surface area (Å²) < 4.78 is 7.56. The average molecular weight is 604 g/mol. The highest BCUT2D eigenvalue weighted by Gasteiger charge is 2.29. The maximum Gasteiger partial charge on any atom is 0.413 e. The van der Waals surface area contributed by atoms with Gasteiger partial charge in [0.15, 0.2) is 0 Å². The summed E-state index contributed by atoms with van der Waals surface area (Å²) >= 11 is 0. The maximum absolute atomic E-state index is 13.0. The molecule has 0 aliphatic carbocycles. The third-order valence-corrected chi connectivity index (χ3v) is 8.50. The molecule has 2 unspecified atom stereocenters. The first-order valence-electron chi connectivity index (χ1n) is 15.7. The molecule has 10 heteroatoms. The molecule has 5 rings (SSSR count). The predicted octanol–water partition coefficient (Wildman–Crippen LogP) is 5.27. The van der Waals surface area contributed by atoms with Gasteiger partial charge in [0.05, 0.1) is 24.4 Å². The minimum Gasteiger partial charge on any atom is -0.465 e. The van der Waals surface area contributed by atoms with E-state index < -0.39 is 11.7 Å². The van der Waals surface area contributed by atoms with Crippen molar-refractivity contribution in [3.63, 3.8) is 0 Å². The standard InChI is InChI=1S/C34H45N5O5/c1-23-17-29(22-40)36-39(23)30-9-5-7-26(18-30)27(19-31(41)44-34(2,3)4)21-37-16-14-24(20-37)10-12-28-13-11-25-8-6-15-38(33(42)43)32(25)35-28/h5,7,9,11,13,17-18,24,27,40H,6,8,10,12,14-16,19-22H2,1-4H3,(H,42,43). The van der Waals surface area contributed by atoms with Gasteiger partial charge in [-0.2, -0.15) is 5.10 Å². The fourth-order valence-corrected chi connectivity index (χ4v) is 6.44. The van der Waals surface area contributed by atoms with Crippen molar-refractivity contribution >= 4 is 17.9 Å². The molecule has 1 fully saturated rings. The number of rotatable bonds is 10. The van der Waals surface area contributed by atoms with Crippen LogP contribution in [0, 0.1) is 12.8 Å².